The zero-order valence-electron chi connectivity index (χ0n) is 19.4. The van der Waals surface area contributed by atoms with Crippen LogP contribution in [0.2, 0.25) is 5.02 Å². The fraction of sp³-hybridized carbons (Fsp3) is 0.481. The molecule has 0 aromatic heterocycles. The summed E-state index contributed by atoms with van der Waals surface area (Å²) in [7, 11) is 1.73. The molecule has 174 valence electrons. The van der Waals surface area contributed by atoms with Crippen molar-refractivity contribution in [2.24, 2.45) is 9.98 Å². The number of ether oxygens (including phenoxy) is 1. The summed E-state index contributed by atoms with van der Waals surface area (Å²) in [6, 6.07) is 12.7. The third-order valence-electron chi connectivity index (χ3n) is 7.18. The van der Waals surface area contributed by atoms with Crippen LogP contribution in [0.4, 0.5) is 0 Å². The van der Waals surface area contributed by atoms with E-state index in [0.717, 1.165) is 43.4 Å². The van der Waals surface area contributed by atoms with Crippen LogP contribution in [0.3, 0.4) is 0 Å². The SMILES string of the molecule is COc1ccc2c(c1)C(C1=NCCN1)CCC2.Clc1cccc2c1CCCC2C1=NCCN1. The molecule has 0 saturated carbocycles. The molecule has 2 N–H and O–H groups in total. The van der Waals surface area contributed by atoms with Crippen molar-refractivity contribution in [2.75, 3.05) is 33.3 Å². The first-order valence-electron chi connectivity index (χ1n) is 12.2. The van der Waals surface area contributed by atoms with Crippen LogP contribution in [0.1, 0.15) is 59.8 Å². The van der Waals surface area contributed by atoms with Gasteiger partial charge >= 0.3 is 0 Å². The van der Waals surface area contributed by atoms with Crippen molar-refractivity contribution in [3.05, 3.63) is 63.7 Å². The number of methoxy groups -OCH3 is 1. The molecular weight excluding hydrogens is 432 g/mol. The zero-order valence-corrected chi connectivity index (χ0v) is 20.1. The molecule has 6 rings (SSSR count). The van der Waals surface area contributed by atoms with Gasteiger partial charge in [-0.1, -0.05) is 29.8 Å². The molecule has 4 aliphatic rings. The number of aryl methyl sites for hydroxylation is 1. The molecule has 0 bridgehead atoms. The highest BCUT2D eigenvalue weighted by Crippen LogP contribution is 2.36. The average molecular weight is 465 g/mol. The quantitative estimate of drug-likeness (QED) is 0.680. The number of rotatable bonds is 3. The summed E-state index contributed by atoms with van der Waals surface area (Å²) >= 11 is 6.25. The highest BCUT2D eigenvalue weighted by molar-refractivity contribution is 6.31. The predicted octanol–water partition coefficient (Wildman–Crippen LogP) is 4.88. The Morgan fingerprint density at radius 1 is 0.879 bits per heavy atom. The van der Waals surface area contributed by atoms with E-state index in [2.05, 4.69) is 51.0 Å². The van der Waals surface area contributed by atoms with Gasteiger partial charge in [-0.25, -0.2) is 0 Å². The van der Waals surface area contributed by atoms with Gasteiger partial charge < -0.3 is 15.4 Å². The number of nitrogens with one attached hydrogen (secondary N) is 2. The molecule has 2 unspecified atom stereocenters. The molecular formula is C27H33ClN4O. The van der Waals surface area contributed by atoms with Crippen molar-refractivity contribution in [3.8, 4) is 5.75 Å². The first-order valence-corrected chi connectivity index (χ1v) is 12.6. The Balaban J connectivity index is 0.000000139. The van der Waals surface area contributed by atoms with Crippen molar-refractivity contribution in [2.45, 2.75) is 50.4 Å². The van der Waals surface area contributed by atoms with E-state index in [4.69, 9.17) is 16.3 Å². The van der Waals surface area contributed by atoms with Gasteiger partial charge in [0.1, 0.15) is 17.4 Å². The lowest BCUT2D eigenvalue weighted by Gasteiger charge is -2.26. The molecule has 2 aliphatic carbocycles. The molecule has 0 saturated heterocycles. The van der Waals surface area contributed by atoms with E-state index < -0.39 is 0 Å². The van der Waals surface area contributed by atoms with Crippen LogP contribution in [0.25, 0.3) is 0 Å². The van der Waals surface area contributed by atoms with Crippen LogP contribution in [0.5, 0.6) is 5.75 Å². The van der Waals surface area contributed by atoms with Gasteiger partial charge in [-0.3, -0.25) is 9.98 Å². The monoisotopic (exact) mass is 464 g/mol. The number of hydrogen-bond donors (Lipinski definition) is 2. The van der Waals surface area contributed by atoms with E-state index in [1.165, 1.54) is 66.0 Å². The standard InChI is InChI=1S/C14H18N2O.C13H15ClN2/c1-17-11-6-5-10-3-2-4-12(13(10)9-11)14-15-7-8-16-14;14-12-6-2-3-9-10(12)4-1-5-11(9)13-15-7-8-16-13/h5-6,9,12H,2-4,7-8H2,1H3,(H,15,16);2-3,6,11H,1,4-5,7-8H2,(H,15,16). The van der Waals surface area contributed by atoms with Gasteiger partial charge in [0.05, 0.1) is 20.2 Å². The van der Waals surface area contributed by atoms with Crippen LogP contribution in [-0.4, -0.2) is 45.0 Å². The first kappa shape index (κ1) is 22.3. The lowest BCUT2D eigenvalue weighted by atomic mass is 9.82. The smallest absolute Gasteiger partial charge is 0.119 e. The van der Waals surface area contributed by atoms with Crippen molar-refractivity contribution >= 4 is 23.3 Å². The Labute approximate surface area is 201 Å². The Hall–Kier alpha value is -2.53. The van der Waals surface area contributed by atoms with E-state index in [1.807, 2.05) is 6.07 Å². The molecule has 0 fully saturated rings. The lowest BCUT2D eigenvalue weighted by Crippen LogP contribution is -2.28. The fourth-order valence-electron chi connectivity index (χ4n) is 5.58. The topological polar surface area (TPSA) is 58.0 Å². The van der Waals surface area contributed by atoms with E-state index in [9.17, 15) is 0 Å². The highest BCUT2D eigenvalue weighted by atomic mass is 35.5. The summed E-state index contributed by atoms with van der Waals surface area (Å²) in [4.78, 5) is 9.13. The second-order valence-corrected chi connectivity index (χ2v) is 9.56. The third kappa shape index (κ3) is 4.74. The molecule has 0 amide bonds. The summed E-state index contributed by atoms with van der Waals surface area (Å²) in [5, 5.41) is 7.72. The second-order valence-electron chi connectivity index (χ2n) is 9.15. The molecule has 0 spiro atoms. The number of fused-ring (bicyclic) bond motifs is 2. The summed E-state index contributed by atoms with van der Waals surface area (Å²) in [6.45, 7) is 3.82. The number of nitrogens with zero attached hydrogens (tertiary/aromatic N) is 2. The van der Waals surface area contributed by atoms with Crippen LogP contribution in [0.15, 0.2) is 46.4 Å². The van der Waals surface area contributed by atoms with Gasteiger partial charge in [0.15, 0.2) is 0 Å². The average Bonchev–Trinajstić information content (AvgIpc) is 3.59. The number of aliphatic imine (C=N–C) groups is 2. The fourth-order valence-corrected chi connectivity index (χ4v) is 5.85. The normalized spacial score (nSPS) is 23.1. The van der Waals surface area contributed by atoms with Crippen molar-refractivity contribution in [3.63, 3.8) is 0 Å². The minimum atomic E-state index is 0.449. The van der Waals surface area contributed by atoms with Crippen molar-refractivity contribution < 1.29 is 4.74 Å². The Kier molecular flexibility index (Phi) is 6.86. The lowest BCUT2D eigenvalue weighted by molar-refractivity contribution is 0.413. The van der Waals surface area contributed by atoms with Gasteiger partial charge in [-0.15, -0.1) is 0 Å². The van der Waals surface area contributed by atoms with E-state index >= 15 is 0 Å². The molecule has 33 heavy (non-hydrogen) atoms. The predicted molar refractivity (Wildman–Crippen MR) is 136 cm³/mol. The maximum absolute atomic E-state index is 6.25. The number of hydrogen-bond acceptors (Lipinski definition) is 5. The molecule has 2 heterocycles. The van der Waals surface area contributed by atoms with E-state index in [1.54, 1.807) is 7.11 Å². The molecule has 5 nitrogen and oxygen atoms in total. The van der Waals surface area contributed by atoms with E-state index in [-0.39, 0.29) is 0 Å². The van der Waals surface area contributed by atoms with Crippen LogP contribution in [0, 0.1) is 0 Å². The van der Waals surface area contributed by atoms with Gasteiger partial charge in [-0.05, 0) is 79.0 Å². The highest BCUT2D eigenvalue weighted by Gasteiger charge is 2.28. The van der Waals surface area contributed by atoms with Crippen LogP contribution >= 0.6 is 11.6 Å². The maximum Gasteiger partial charge on any atom is 0.119 e. The van der Waals surface area contributed by atoms with Gasteiger partial charge in [0.25, 0.3) is 0 Å². The molecule has 0 radical (unpaired) electrons. The minimum absolute atomic E-state index is 0.449. The number of amidine groups is 2. The second kappa shape index (κ2) is 10.2. The Morgan fingerprint density at radius 3 is 2.24 bits per heavy atom. The van der Waals surface area contributed by atoms with Gasteiger partial charge in [0.2, 0.25) is 0 Å². The Morgan fingerprint density at radius 2 is 1.58 bits per heavy atom. The number of halogens is 1. The van der Waals surface area contributed by atoms with Gasteiger partial charge in [-0.2, -0.15) is 0 Å². The summed E-state index contributed by atoms with van der Waals surface area (Å²) in [5.41, 5.74) is 5.57. The Bertz CT molecular complexity index is 1060. The largest absolute Gasteiger partial charge is 0.497 e. The van der Waals surface area contributed by atoms with Crippen molar-refractivity contribution in [1.29, 1.82) is 0 Å². The molecule has 2 aromatic carbocycles. The van der Waals surface area contributed by atoms with Gasteiger partial charge in [0, 0.05) is 29.9 Å². The maximum atomic E-state index is 6.25. The molecule has 2 aliphatic heterocycles. The summed E-state index contributed by atoms with van der Waals surface area (Å²) in [5.74, 6) is 4.21. The molecule has 6 heteroatoms. The van der Waals surface area contributed by atoms with Crippen molar-refractivity contribution in [1.82, 2.24) is 10.6 Å². The first-order chi connectivity index (χ1) is 16.2. The minimum Gasteiger partial charge on any atom is -0.497 e. The zero-order chi connectivity index (χ0) is 22.6. The number of benzene rings is 2. The van der Waals surface area contributed by atoms with E-state index in [0.29, 0.717) is 11.8 Å². The van der Waals surface area contributed by atoms with Crippen LogP contribution < -0.4 is 15.4 Å². The van der Waals surface area contributed by atoms with Crippen LogP contribution in [-0.2, 0) is 12.8 Å². The third-order valence-corrected chi connectivity index (χ3v) is 7.53. The molecule has 2 atom stereocenters. The summed E-state index contributed by atoms with van der Waals surface area (Å²) < 4.78 is 5.33. The summed E-state index contributed by atoms with van der Waals surface area (Å²) in [6.07, 6.45) is 7.15. The molecule has 2 aromatic rings.